The van der Waals surface area contributed by atoms with Gasteiger partial charge in [0.05, 0.1) is 7.11 Å². The summed E-state index contributed by atoms with van der Waals surface area (Å²) in [6.07, 6.45) is 0.886. The SMILES string of the molecule is COc1ccc(NC(=O)C(c2cccc(C)c2)N(C(=O)C(Cc2ccc(O)cc2)NC(=O)OC(C)(C)C)C2CC2)cc1. The molecule has 0 heterocycles. The highest BCUT2D eigenvalue weighted by atomic mass is 16.6. The van der Waals surface area contributed by atoms with Gasteiger partial charge in [-0.15, -0.1) is 0 Å². The number of aryl methyl sites for hydroxylation is 1. The van der Waals surface area contributed by atoms with Gasteiger partial charge in [-0.25, -0.2) is 4.79 Å². The second-order valence-electron chi connectivity index (χ2n) is 11.6. The number of anilines is 1. The van der Waals surface area contributed by atoms with Crippen LogP contribution in [0.15, 0.2) is 72.8 Å². The number of alkyl carbamates (subject to hydrolysis) is 1. The van der Waals surface area contributed by atoms with E-state index in [-0.39, 0.29) is 24.1 Å². The number of ether oxygens (including phenoxy) is 2. The molecule has 1 aliphatic carbocycles. The minimum absolute atomic E-state index is 0.0936. The second-order valence-corrected chi connectivity index (χ2v) is 11.6. The molecule has 3 aromatic rings. The van der Waals surface area contributed by atoms with Gasteiger partial charge in [-0.1, -0.05) is 42.0 Å². The number of nitrogens with one attached hydrogen (secondary N) is 2. The first kappa shape index (κ1) is 30.4. The lowest BCUT2D eigenvalue weighted by molar-refractivity contribution is -0.141. The number of rotatable bonds is 10. The molecule has 1 saturated carbocycles. The average Bonchev–Trinajstić information content (AvgIpc) is 3.76. The Kier molecular flexibility index (Phi) is 9.40. The van der Waals surface area contributed by atoms with Crippen LogP contribution < -0.4 is 15.4 Å². The van der Waals surface area contributed by atoms with Crippen molar-refractivity contribution in [3.05, 3.63) is 89.5 Å². The standard InChI is InChI=1S/C33H39N3O6/c1-21-7-6-8-23(19-21)29(30(38)34-24-11-17-27(41-5)18-12-24)36(25-13-14-25)31(39)28(35-32(40)42-33(2,3)4)20-22-9-15-26(37)16-10-22/h6-12,15-19,25,28-29,37H,13-14,20H2,1-5H3,(H,34,38)(H,35,40). The highest BCUT2D eigenvalue weighted by Crippen LogP contribution is 2.37. The van der Waals surface area contributed by atoms with Crippen molar-refractivity contribution in [1.29, 1.82) is 0 Å². The van der Waals surface area contributed by atoms with Gasteiger partial charge in [0.2, 0.25) is 5.91 Å². The quantitative estimate of drug-likeness (QED) is 0.294. The molecule has 42 heavy (non-hydrogen) atoms. The molecular formula is C33H39N3O6. The van der Waals surface area contributed by atoms with Crippen LogP contribution in [-0.2, 0) is 20.7 Å². The molecule has 3 N–H and O–H groups in total. The van der Waals surface area contributed by atoms with Crippen LogP contribution in [0.2, 0.25) is 0 Å². The predicted octanol–water partition coefficient (Wildman–Crippen LogP) is 5.52. The van der Waals surface area contributed by atoms with Gasteiger partial charge < -0.3 is 30.1 Å². The van der Waals surface area contributed by atoms with Crippen molar-refractivity contribution < 1.29 is 29.0 Å². The van der Waals surface area contributed by atoms with Crippen LogP contribution in [0, 0.1) is 6.92 Å². The topological polar surface area (TPSA) is 117 Å². The van der Waals surface area contributed by atoms with Crippen LogP contribution in [0.3, 0.4) is 0 Å². The Hall–Kier alpha value is -4.53. The average molecular weight is 574 g/mol. The number of aromatic hydroxyl groups is 1. The molecule has 3 aromatic carbocycles. The summed E-state index contributed by atoms with van der Waals surface area (Å²) < 4.78 is 10.7. The Balaban J connectivity index is 1.70. The zero-order chi connectivity index (χ0) is 30.4. The lowest BCUT2D eigenvalue weighted by Gasteiger charge is -2.35. The molecule has 0 spiro atoms. The largest absolute Gasteiger partial charge is 0.508 e. The van der Waals surface area contributed by atoms with E-state index in [2.05, 4.69) is 10.6 Å². The maximum atomic E-state index is 14.4. The summed E-state index contributed by atoms with van der Waals surface area (Å²) in [4.78, 5) is 43.0. The van der Waals surface area contributed by atoms with Crippen molar-refractivity contribution in [1.82, 2.24) is 10.2 Å². The molecule has 0 aromatic heterocycles. The molecule has 9 heteroatoms. The zero-order valence-electron chi connectivity index (χ0n) is 24.7. The van der Waals surface area contributed by atoms with Crippen LogP contribution in [0.5, 0.6) is 11.5 Å². The summed E-state index contributed by atoms with van der Waals surface area (Å²) in [5, 5.41) is 15.5. The van der Waals surface area contributed by atoms with Gasteiger partial charge in [-0.3, -0.25) is 9.59 Å². The Bertz CT molecular complexity index is 1390. The number of benzene rings is 3. The molecule has 0 aliphatic heterocycles. The molecule has 1 aliphatic rings. The normalized spacial score (nSPS) is 14.3. The molecule has 1 fully saturated rings. The minimum Gasteiger partial charge on any atom is -0.508 e. The number of methoxy groups -OCH3 is 1. The molecule has 9 nitrogen and oxygen atoms in total. The molecule has 0 bridgehead atoms. The van der Waals surface area contributed by atoms with Gasteiger partial charge in [0.25, 0.3) is 5.91 Å². The zero-order valence-corrected chi connectivity index (χ0v) is 24.7. The Labute approximate surface area is 246 Å². The van der Waals surface area contributed by atoms with Gasteiger partial charge in [0.1, 0.15) is 29.2 Å². The summed E-state index contributed by atoms with van der Waals surface area (Å²) in [6.45, 7) is 7.17. The first-order valence-electron chi connectivity index (χ1n) is 14.0. The van der Waals surface area contributed by atoms with Gasteiger partial charge >= 0.3 is 6.09 Å². The fourth-order valence-electron chi connectivity index (χ4n) is 4.73. The second kappa shape index (κ2) is 13.0. The number of phenols is 1. The first-order chi connectivity index (χ1) is 19.9. The van der Waals surface area contributed by atoms with Crippen LogP contribution in [0.25, 0.3) is 0 Å². The third-order valence-electron chi connectivity index (χ3n) is 6.80. The molecule has 2 unspecified atom stereocenters. The van der Waals surface area contributed by atoms with Crippen LogP contribution in [0.4, 0.5) is 10.5 Å². The van der Waals surface area contributed by atoms with E-state index >= 15 is 0 Å². The Morgan fingerprint density at radius 2 is 1.67 bits per heavy atom. The van der Waals surface area contributed by atoms with E-state index in [1.807, 2.05) is 31.2 Å². The summed E-state index contributed by atoms with van der Waals surface area (Å²) in [7, 11) is 1.57. The number of carbonyl (C=O) groups excluding carboxylic acids is 3. The molecule has 0 saturated heterocycles. The van der Waals surface area contributed by atoms with Gasteiger partial charge in [-0.2, -0.15) is 0 Å². The fourth-order valence-corrected chi connectivity index (χ4v) is 4.73. The number of phenolic OH excluding ortho intramolecular Hbond substituents is 1. The van der Waals surface area contributed by atoms with E-state index in [1.165, 1.54) is 12.1 Å². The minimum atomic E-state index is -1.02. The number of carbonyl (C=O) groups is 3. The maximum absolute atomic E-state index is 14.4. The van der Waals surface area contributed by atoms with Gasteiger partial charge in [-0.05, 0) is 88.1 Å². The smallest absolute Gasteiger partial charge is 0.408 e. The molecule has 3 amide bonds. The Morgan fingerprint density at radius 3 is 2.24 bits per heavy atom. The number of amides is 3. The summed E-state index contributed by atoms with van der Waals surface area (Å²) in [5.41, 5.74) is 2.14. The maximum Gasteiger partial charge on any atom is 0.408 e. The molecule has 222 valence electrons. The Morgan fingerprint density at radius 1 is 1.00 bits per heavy atom. The molecule has 2 atom stereocenters. The van der Waals surface area contributed by atoms with E-state index in [0.29, 0.717) is 17.0 Å². The van der Waals surface area contributed by atoms with Crippen molar-refractivity contribution in [3.63, 3.8) is 0 Å². The monoisotopic (exact) mass is 573 g/mol. The van der Waals surface area contributed by atoms with Gasteiger partial charge in [0, 0.05) is 18.2 Å². The summed E-state index contributed by atoms with van der Waals surface area (Å²) >= 11 is 0. The lowest BCUT2D eigenvalue weighted by atomic mass is 9.98. The van der Waals surface area contributed by atoms with Crippen molar-refractivity contribution in [3.8, 4) is 11.5 Å². The lowest BCUT2D eigenvalue weighted by Crippen LogP contribution is -2.54. The van der Waals surface area contributed by atoms with Crippen LogP contribution in [0.1, 0.15) is 56.3 Å². The first-order valence-corrected chi connectivity index (χ1v) is 14.0. The van der Waals surface area contributed by atoms with E-state index < -0.39 is 29.7 Å². The third kappa shape index (κ3) is 8.25. The third-order valence-corrected chi connectivity index (χ3v) is 6.80. The van der Waals surface area contributed by atoms with Crippen LogP contribution >= 0.6 is 0 Å². The fraction of sp³-hybridized carbons (Fsp3) is 0.364. The van der Waals surface area contributed by atoms with E-state index in [1.54, 1.807) is 69.2 Å². The molecule has 4 rings (SSSR count). The highest BCUT2D eigenvalue weighted by Gasteiger charge is 2.44. The summed E-state index contributed by atoms with van der Waals surface area (Å²) in [5.74, 6) is -0.0150. The van der Waals surface area contributed by atoms with Crippen LogP contribution in [-0.4, -0.2) is 52.7 Å². The number of hydrogen-bond donors (Lipinski definition) is 3. The summed E-state index contributed by atoms with van der Waals surface area (Å²) in [6, 6.07) is 18.8. The van der Waals surface area contributed by atoms with Crippen molar-refractivity contribution in [2.45, 2.75) is 70.7 Å². The highest BCUT2D eigenvalue weighted by molar-refractivity contribution is 5.99. The number of hydrogen-bond acceptors (Lipinski definition) is 6. The van der Waals surface area contributed by atoms with E-state index in [4.69, 9.17) is 9.47 Å². The number of nitrogens with zero attached hydrogens (tertiary/aromatic N) is 1. The molecule has 0 radical (unpaired) electrons. The van der Waals surface area contributed by atoms with Crippen molar-refractivity contribution in [2.75, 3.05) is 12.4 Å². The van der Waals surface area contributed by atoms with E-state index in [0.717, 1.165) is 24.0 Å². The predicted molar refractivity (Wildman–Crippen MR) is 160 cm³/mol. The van der Waals surface area contributed by atoms with E-state index in [9.17, 15) is 19.5 Å². The van der Waals surface area contributed by atoms with Gasteiger partial charge in [0.15, 0.2) is 0 Å². The molecular weight excluding hydrogens is 534 g/mol. The van der Waals surface area contributed by atoms with Crippen molar-refractivity contribution in [2.24, 2.45) is 0 Å². The van der Waals surface area contributed by atoms with Crippen molar-refractivity contribution >= 4 is 23.6 Å².